The molecular weight excluding hydrogens is 450 g/mol. The van der Waals surface area contributed by atoms with Gasteiger partial charge >= 0.3 is 65.3 Å². The molecule has 0 unspecified atom stereocenters. The Kier molecular flexibility index (Phi) is 8.03. The Morgan fingerprint density at radius 1 is 0.654 bits per heavy atom. The Morgan fingerprint density at radius 2 is 0.962 bits per heavy atom. The molecule has 0 N–H and O–H groups in total. The molecule has 0 bridgehead atoms. The molecule has 0 aliphatic rings. The van der Waals surface area contributed by atoms with Crippen LogP contribution in [0.25, 0.3) is 0 Å². The minimum Gasteiger partial charge on any atom is -0.726 e. The first-order valence-corrected chi connectivity index (χ1v) is 6.35. The zero-order valence-corrected chi connectivity index (χ0v) is 14.5. The van der Waals surface area contributed by atoms with Crippen LogP contribution in [0.4, 0.5) is 57.1 Å². The Balaban J connectivity index is 0. The van der Waals surface area contributed by atoms with E-state index in [2.05, 4.69) is 4.18 Å². The van der Waals surface area contributed by atoms with Crippen molar-refractivity contribution in [1.82, 2.24) is 0 Å². The first kappa shape index (κ1) is 28.2. The topological polar surface area (TPSA) is 66.4 Å². The van der Waals surface area contributed by atoms with E-state index in [-0.39, 0.29) is 29.6 Å². The largest absolute Gasteiger partial charge is 1.00 e. The zero-order chi connectivity index (χ0) is 20.9. The fraction of sp³-hybridized carbons (Fsp3) is 1.00. The van der Waals surface area contributed by atoms with Crippen LogP contribution in [0.3, 0.4) is 0 Å². The van der Waals surface area contributed by atoms with Gasteiger partial charge in [-0.2, -0.15) is 57.1 Å². The maximum atomic E-state index is 12.9. The first-order valence-electron chi connectivity index (χ1n) is 5.02. The van der Waals surface area contributed by atoms with Crippen molar-refractivity contribution in [3.8, 4) is 0 Å². The van der Waals surface area contributed by atoms with E-state index in [0.29, 0.717) is 0 Å². The van der Waals surface area contributed by atoms with Gasteiger partial charge in [-0.05, 0) is 0 Å². The minimum absolute atomic E-state index is 0. The van der Waals surface area contributed by atoms with E-state index in [1.165, 1.54) is 0 Å². The third-order valence-electron chi connectivity index (χ3n) is 2.38. The SMILES string of the molecule is O=S(=O)([O-])OCC(F)(F)C(F)(F)C(F)(F)C(F)(F)C(F)(F)C(F)(F)F.[Na+]. The first-order chi connectivity index (χ1) is 10.5. The molecule has 0 aromatic carbocycles. The third kappa shape index (κ3) is 4.68. The van der Waals surface area contributed by atoms with Crippen molar-refractivity contribution < 1.29 is 104 Å². The molecular formula is C7H2F13NaO4S. The van der Waals surface area contributed by atoms with E-state index in [4.69, 9.17) is 0 Å². The van der Waals surface area contributed by atoms with Crippen molar-refractivity contribution in [3.05, 3.63) is 0 Å². The summed E-state index contributed by atoms with van der Waals surface area (Å²) in [5.41, 5.74) is 0. The molecule has 0 heterocycles. The fourth-order valence-corrected chi connectivity index (χ4v) is 1.33. The smallest absolute Gasteiger partial charge is 0.726 e. The van der Waals surface area contributed by atoms with Crippen molar-refractivity contribution in [2.45, 2.75) is 35.8 Å². The second-order valence-electron chi connectivity index (χ2n) is 4.17. The van der Waals surface area contributed by atoms with Gasteiger partial charge in [0, 0.05) is 0 Å². The molecule has 0 fully saturated rings. The van der Waals surface area contributed by atoms with Crippen LogP contribution < -0.4 is 29.6 Å². The summed E-state index contributed by atoms with van der Waals surface area (Å²) in [5, 5.41) is 0. The van der Waals surface area contributed by atoms with Crippen molar-refractivity contribution in [2.24, 2.45) is 0 Å². The summed E-state index contributed by atoms with van der Waals surface area (Å²) in [6.45, 7) is -3.55. The summed E-state index contributed by atoms with van der Waals surface area (Å²) in [6.07, 6.45) is -7.56. The van der Waals surface area contributed by atoms with Crippen molar-refractivity contribution in [3.63, 3.8) is 0 Å². The molecule has 0 aliphatic heterocycles. The van der Waals surface area contributed by atoms with Gasteiger partial charge in [-0.3, -0.25) is 4.18 Å². The van der Waals surface area contributed by atoms with Crippen molar-refractivity contribution in [2.75, 3.05) is 6.61 Å². The van der Waals surface area contributed by atoms with E-state index in [0.717, 1.165) is 0 Å². The van der Waals surface area contributed by atoms with Crippen LogP contribution >= 0.6 is 0 Å². The molecule has 0 aromatic heterocycles. The van der Waals surface area contributed by atoms with Gasteiger partial charge in [0.05, 0.1) is 0 Å². The normalized spacial score (nSPS) is 15.6. The Labute approximate surface area is 156 Å². The number of hydrogen-bond acceptors (Lipinski definition) is 4. The quantitative estimate of drug-likeness (QED) is 0.240. The molecule has 152 valence electrons. The molecule has 0 atom stereocenters. The summed E-state index contributed by atoms with van der Waals surface area (Å²) >= 11 is 0. The third-order valence-corrected chi connectivity index (χ3v) is 2.79. The number of hydrogen-bond donors (Lipinski definition) is 0. The van der Waals surface area contributed by atoms with Crippen LogP contribution in [0.15, 0.2) is 0 Å². The average molecular weight is 452 g/mol. The molecule has 0 spiro atoms. The molecule has 0 amide bonds. The summed E-state index contributed by atoms with van der Waals surface area (Å²) in [5.74, 6) is -38.6. The van der Waals surface area contributed by atoms with Crippen LogP contribution in [-0.4, -0.2) is 55.4 Å². The monoisotopic (exact) mass is 452 g/mol. The maximum Gasteiger partial charge on any atom is 1.00 e. The van der Waals surface area contributed by atoms with Gasteiger partial charge in [0.2, 0.25) is 10.4 Å². The van der Waals surface area contributed by atoms with Crippen molar-refractivity contribution in [1.29, 1.82) is 0 Å². The van der Waals surface area contributed by atoms with Gasteiger partial charge in [-0.15, -0.1) is 0 Å². The maximum absolute atomic E-state index is 12.9. The van der Waals surface area contributed by atoms with Gasteiger partial charge in [-0.1, -0.05) is 0 Å². The standard InChI is InChI=1S/C7H3F13O4S.Na/c8-2(9,1-24-25(21,22)23)3(10,11)4(12,13)5(14,15)6(16,17)7(18,19)20;/h1H2,(H,21,22,23);/q;+1/p-1. The van der Waals surface area contributed by atoms with Crippen LogP contribution in [0.1, 0.15) is 0 Å². The predicted molar refractivity (Wildman–Crippen MR) is 46.4 cm³/mol. The van der Waals surface area contributed by atoms with E-state index in [9.17, 15) is 70.0 Å². The number of halogens is 13. The molecule has 0 saturated carbocycles. The van der Waals surface area contributed by atoms with Gasteiger partial charge in [0.25, 0.3) is 0 Å². The summed E-state index contributed by atoms with van der Waals surface area (Å²) in [4.78, 5) is 0. The molecule has 26 heavy (non-hydrogen) atoms. The van der Waals surface area contributed by atoms with Gasteiger partial charge in [0.15, 0.2) is 0 Å². The van der Waals surface area contributed by atoms with Gasteiger partial charge in [0.1, 0.15) is 6.61 Å². The molecule has 0 aromatic rings. The Morgan fingerprint density at radius 3 is 1.23 bits per heavy atom. The van der Waals surface area contributed by atoms with E-state index < -0.39 is 52.8 Å². The van der Waals surface area contributed by atoms with Crippen molar-refractivity contribution >= 4 is 10.4 Å². The second kappa shape index (κ2) is 7.41. The molecule has 0 radical (unpaired) electrons. The number of rotatable bonds is 7. The summed E-state index contributed by atoms with van der Waals surface area (Å²) in [6, 6.07) is 0. The molecule has 0 rings (SSSR count). The Hall–Kier alpha value is -0.0400. The minimum atomic E-state index is -8.11. The number of alkyl halides is 13. The van der Waals surface area contributed by atoms with Crippen LogP contribution in [0.2, 0.25) is 0 Å². The van der Waals surface area contributed by atoms with Crippen LogP contribution in [-0.2, 0) is 14.6 Å². The van der Waals surface area contributed by atoms with Gasteiger partial charge in [-0.25, -0.2) is 8.42 Å². The van der Waals surface area contributed by atoms with Gasteiger partial charge < -0.3 is 4.55 Å². The van der Waals surface area contributed by atoms with E-state index in [1.807, 2.05) is 0 Å². The van der Waals surface area contributed by atoms with Crippen LogP contribution in [0.5, 0.6) is 0 Å². The van der Waals surface area contributed by atoms with E-state index in [1.54, 1.807) is 0 Å². The molecule has 0 aliphatic carbocycles. The fourth-order valence-electron chi connectivity index (χ4n) is 1.04. The predicted octanol–water partition coefficient (Wildman–Crippen LogP) is 0.206. The zero-order valence-electron chi connectivity index (χ0n) is 11.7. The molecule has 4 nitrogen and oxygen atoms in total. The van der Waals surface area contributed by atoms with Crippen LogP contribution in [0, 0.1) is 0 Å². The summed E-state index contributed by atoms with van der Waals surface area (Å²) in [7, 11) is -6.27. The Bertz CT molecular complexity index is 598. The van der Waals surface area contributed by atoms with E-state index >= 15 is 0 Å². The molecule has 0 saturated heterocycles. The average Bonchev–Trinajstić information content (AvgIpc) is 2.33. The summed E-state index contributed by atoms with van der Waals surface area (Å²) < 4.78 is 194. The second-order valence-corrected chi connectivity index (χ2v) is 5.22. The molecule has 19 heteroatoms.